The standard InChI is InChI=1S/C8H20N4O2S/c1-4-5-11-15(13,14)12-7(6(2)3)8(9)10/h6-7,11-12H,4-5H2,1-3H3,(H3,9,10). The number of nitrogens with one attached hydrogen (secondary N) is 3. The molecule has 1 unspecified atom stereocenters. The van der Waals surface area contributed by atoms with Crippen molar-refractivity contribution in [1.82, 2.24) is 9.44 Å². The maximum absolute atomic E-state index is 11.4. The summed E-state index contributed by atoms with van der Waals surface area (Å²) in [7, 11) is -3.55. The maximum Gasteiger partial charge on any atom is 0.277 e. The van der Waals surface area contributed by atoms with Gasteiger partial charge in [-0.3, -0.25) is 5.41 Å². The summed E-state index contributed by atoms with van der Waals surface area (Å²) in [6.45, 7) is 5.84. The van der Waals surface area contributed by atoms with E-state index in [4.69, 9.17) is 11.1 Å². The SMILES string of the molecule is CCCNS(=O)(=O)NC(C(=N)N)C(C)C. The first-order valence-electron chi connectivity index (χ1n) is 4.91. The van der Waals surface area contributed by atoms with Crippen molar-refractivity contribution in [2.24, 2.45) is 11.7 Å². The lowest BCUT2D eigenvalue weighted by atomic mass is 10.1. The van der Waals surface area contributed by atoms with Crippen LogP contribution in [0.2, 0.25) is 0 Å². The Labute approximate surface area is 91.3 Å². The average Bonchev–Trinajstić information content (AvgIpc) is 2.10. The van der Waals surface area contributed by atoms with E-state index < -0.39 is 16.3 Å². The molecule has 0 saturated heterocycles. The van der Waals surface area contributed by atoms with Gasteiger partial charge in [-0.25, -0.2) is 4.72 Å². The monoisotopic (exact) mass is 236 g/mol. The van der Waals surface area contributed by atoms with E-state index in [9.17, 15) is 8.42 Å². The topological polar surface area (TPSA) is 108 Å². The molecule has 0 aromatic rings. The summed E-state index contributed by atoms with van der Waals surface area (Å²) in [6, 6.07) is -0.653. The molecular formula is C8H20N4O2S. The molecular weight excluding hydrogens is 216 g/mol. The van der Waals surface area contributed by atoms with E-state index in [0.717, 1.165) is 0 Å². The number of rotatable bonds is 7. The van der Waals surface area contributed by atoms with Crippen molar-refractivity contribution in [1.29, 1.82) is 5.41 Å². The molecule has 7 heteroatoms. The molecule has 15 heavy (non-hydrogen) atoms. The predicted octanol–water partition coefficient (Wildman–Crippen LogP) is -0.219. The lowest BCUT2D eigenvalue weighted by Crippen LogP contribution is -2.51. The Bertz CT molecular complexity index is 300. The summed E-state index contributed by atoms with van der Waals surface area (Å²) in [4.78, 5) is 0. The Morgan fingerprint density at radius 2 is 2.00 bits per heavy atom. The van der Waals surface area contributed by atoms with Gasteiger partial charge in [0.05, 0.1) is 6.04 Å². The van der Waals surface area contributed by atoms with Crippen molar-refractivity contribution < 1.29 is 8.42 Å². The molecule has 0 aromatic carbocycles. The van der Waals surface area contributed by atoms with E-state index in [0.29, 0.717) is 13.0 Å². The summed E-state index contributed by atoms with van der Waals surface area (Å²) < 4.78 is 27.6. The minimum Gasteiger partial charge on any atom is -0.386 e. The summed E-state index contributed by atoms with van der Waals surface area (Å²) in [5, 5.41) is 7.26. The smallest absolute Gasteiger partial charge is 0.277 e. The largest absolute Gasteiger partial charge is 0.386 e. The van der Waals surface area contributed by atoms with Crippen molar-refractivity contribution in [3.8, 4) is 0 Å². The fourth-order valence-corrected chi connectivity index (χ4v) is 2.29. The predicted molar refractivity (Wildman–Crippen MR) is 60.9 cm³/mol. The highest BCUT2D eigenvalue weighted by molar-refractivity contribution is 7.87. The Hall–Kier alpha value is -0.660. The zero-order valence-electron chi connectivity index (χ0n) is 9.37. The Kier molecular flexibility index (Phi) is 5.77. The lowest BCUT2D eigenvalue weighted by molar-refractivity contribution is 0.513. The van der Waals surface area contributed by atoms with Crippen molar-refractivity contribution in [2.45, 2.75) is 33.2 Å². The van der Waals surface area contributed by atoms with Crippen molar-refractivity contribution >= 4 is 16.0 Å². The van der Waals surface area contributed by atoms with Crippen LogP contribution in [0.25, 0.3) is 0 Å². The third-order valence-corrected chi connectivity index (χ3v) is 2.97. The van der Waals surface area contributed by atoms with Gasteiger partial charge in [-0.1, -0.05) is 20.8 Å². The van der Waals surface area contributed by atoms with Crippen LogP contribution in [0, 0.1) is 11.3 Å². The first kappa shape index (κ1) is 14.3. The van der Waals surface area contributed by atoms with Gasteiger partial charge in [-0.2, -0.15) is 13.1 Å². The van der Waals surface area contributed by atoms with E-state index in [2.05, 4.69) is 9.44 Å². The Balaban J connectivity index is 4.46. The van der Waals surface area contributed by atoms with E-state index in [-0.39, 0.29) is 11.8 Å². The second-order valence-corrected chi connectivity index (χ2v) is 5.22. The first-order chi connectivity index (χ1) is 6.80. The van der Waals surface area contributed by atoms with Crippen LogP contribution in [-0.4, -0.2) is 26.8 Å². The number of hydrogen-bond donors (Lipinski definition) is 4. The fraction of sp³-hybridized carbons (Fsp3) is 0.875. The molecule has 0 aliphatic carbocycles. The van der Waals surface area contributed by atoms with Crippen LogP contribution in [-0.2, 0) is 10.2 Å². The van der Waals surface area contributed by atoms with Gasteiger partial charge < -0.3 is 5.73 Å². The average molecular weight is 236 g/mol. The highest BCUT2D eigenvalue weighted by atomic mass is 32.2. The Morgan fingerprint density at radius 1 is 1.47 bits per heavy atom. The third-order valence-electron chi connectivity index (χ3n) is 1.83. The molecule has 0 aliphatic heterocycles. The minimum absolute atomic E-state index is 0.0549. The van der Waals surface area contributed by atoms with Gasteiger partial charge in [0, 0.05) is 6.54 Å². The third kappa shape index (κ3) is 5.71. The van der Waals surface area contributed by atoms with Crippen LogP contribution in [0.1, 0.15) is 27.2 Å². The molecule has 0 heterocycles. The minimum atomic E-state index is -3.55. The number of amidine groups is 1. The van der Waals surface area contributed by atoms with Gasteiger partial charge in [0.25, 0.3) is 10.2 Å². The van der Waals surface area contributed by atoms with E-state index in [1.165, 1.54) is 0 Å². The van der Waals surface area contributed by atoms with Crippen molar-refractivity contribution in [2.75, 3.05) is 6.54 Å². The molecule has 0 fully saturated rings. The van der Waals surface area contributed by atoms with Crippen molar-refractivity contribution in [3.63, 3.8) is 0 Å². The van der Waals surface area contributed by atoms with Gasteiger partial charge in [-0.05, 0) is 12.3 Å². The number of hydrogen-bond acceptors (Lipinski definition) is 3. The molecule has 0 saturated carbocycles. The fourth-order valence-electron chi connectivity index (χ4n) is 1.00. The van der Waals surface area contributed by atoms with Gasteiger partial charge in [-0.15, -0.1) is 0 Å². The number of nitrogens with two attached hydrogens (primary N) is 1. The quantitative estimate of drug-likeness (QED) is 0.362. The highest BCUT2D eigenvalue weighted by Gasteiger charge is 2.22. The molecule has 0 bridgehead atoms. The van der Waals surface area contributed by atoms with Gasteiger partial charge in [0.2, 0.25) is 0 Å². The molecule has 0 spiro atoms. The summed E-state index contributed by atoms with van der Waals surface area (Å²) in [5.41, 5.74) is 5.30. The van der Waals surface area contributed by atoms with Crippen LogP contribution in [0.5, 0.6) is 0 Å². The molecule has 90 valence electrons. The first-order valence-corrected chi connectivity index (χ1v) is 6.39. The second-order valence-electron chi connectivity index (χ2n) is 3.69. The normalized spacial score (nSPS) is 14.1. The zero-order chi connectivity index (χ0) is 12.1. The van der Waals surface area contributed by atoms with Gasteiger partial charge >= 0.3 is 0 Å². The van der Waals surface area contributed by atoms with E-state index in [1.54, 1.807) is 13.8 Å². The zero-order valence-corrected chi connectivity index (χ0v) is 10.2. The molecule has 6 nitrogen and oxygen atoms in total. The molecule has 5 N–H and O–H groups in total. The van der Waals surface area contributed by atoms with Crippen LogP contribution >= 0.6 is 0 Å². The van der Waals surface area contributed by atoms with Crippen molar-refractivity contribution in [3.05, 3.63) is 0 Å². The molecule has 0 radical (unpaired) electrons. The van der Waals surface area contributed by atoms with Crippen LogP contribution in [0.4, 0.5) is 0 Å². The van der Waals surface area contributed by atoms with Gasteiger partial charge in [0.1, 0.15) is 5.84 Å². The molecule has 1 atom stereocenters. The van der Waals surface area contributed by atoms with Crippen LogP contribution < -0.4 is 15.2 Å². The lowest BCUT2D eigenvalue weighted by Gasteiger charge is -2.20. The Morgan fingerprint density at radius 3 is 2.33 bits per heavy atom. The maximum atomic E-state index is 11.4. The molecule has 0 aliphatic rings. The van der Waals surface area contributed by atoms with Crippen LogP contribution in [0.3, 0.4) is 0 Å². The second kappa shape index (κ2) is 6.04. The molecule has 0 aromatic heterocycles. The van der Waals surface area contributed by atoms with Gasteiger partial charge in [0.15, 0.2) is 0 Å². The van der Waals surface area contributed by atoms with E-state index >= 15 is 0 Å². The summed E-state index contributed by atoms with van der Waals surface area (Å²) >= 11 is 0. The summed E-state index contributed by atoms with van der Waals surface area (Å²) in [5.74, 6) is -0.229. The molecule has 0 amide bonds. The van der Waals surface area contributed by atoms with Crippen LogP contribution in [0.15, 0.2) is 0 Å². The van der Waals surface area contributed by atoms with E-state index in [1.807, 2.05) is 6.92 Å². The summed E-state index contributed by atoms with van der Waals surface area (Å²) in [6.07, 6.45) is 0.716. The highest BCUT2D eigenvalue weighted by Crippen LogP contribution is 2.01. The molecule has 0 rings (SSSR count).